The molecular weight excluding hydrogens is 240 g/mol. The lowest BCUT2D eigenvalue weighted by atomic mass is 10.0. The molecule has 0 aliphatic heterocycles. The van der Waals surface area contributed by atoms with Gasteiger partial charge in [0.1, 0.15) is 5.75 Å². The molecule has 0 saturated carbocycles. The number of rotatable bonds is 3. The number of para-hydroxylation sites is 1. The van der Waals surface area contributed by atoms with Crippen LogP contribution in [-0.2, 0) is 0 Å². The van der Waals surface area contributed by atoms with Gasteiger partial charge in [0, 0.05) is 35.1 Å². The van der Waals surface area contributed by atoms with Crippen LogP contribution in [0.25, 0.3) is 10.9 Å². The van der Waals surface area contributed by atoms with Gasteiger partial charge in [0.05, 0.1) is 12.7 Å². The number of nitrogens with zero attached hydrogens (tertiary/aromatic N) is 1. The van der Waals surface area contributed by atoms with E-state index in [0.29, 0.717) is 16.9 Å². The number of carbonyl (C=O) groups excluding carboxylic acids is 1. The fraction of sp³-hybridized carbons (Fsp3) is 0.0667. The summed E-state index contributed by atoms with van der Waals surface area (Å²) in [6.45, 7) is 0. The lowest BCUT2D eigenvalue weighted by molar-refractivity contribution is 0.103. The van der Waals surface area contributed by atoms with E-state index >= 15 is 0 Å². The van der Waals surface area contributed by atoms with Crippen molar-refractivity contribution in [1.82, 2.24) is 9.97 Å². The number of pyridine rings is 1. The second-order valence-electron chi connectivity index (χ2n) is 4.15. The van der Waals surface area contributed by atoms with Crippen LogP contribution < -0.4 is 4.74 Å². The van der Waals surface area contributed by atoms with Gasteiger partial charge >= 0.3 is 0 Å². The van der Waals surface area contributed by atoms with Crippen molar-refractivity contribution in [3.05, 3.63) is 60.0 Å². The van der Waals surface area contributed by atoms with Crippen LogP contribution in [0.15, 0.2) is 48.9 Å². The molecule has 0 unspecified atom stereocenters. The predicted molar refractivity (Wildman–Crippen MR) is 72.5 cm³/mol. The maximum absolute atomic E-state index is 12.6. The highest BCUT2D eigenvalue weighted by molar-refractivity contribution is 6.17. The quantitative estimate of drug-likeness (QED) is 0.729. The van der Waals surface area contributed by atoms with E-state index in [9.17, 15) is 4.79 Å². The fourth-order valence-electron chi connectivity index (χ4n) is 2.13. The van der Waals surface area contributed by atoms with E-state index < -0.39 is 0 Å². The van der Waals surface area contributed by atoms with Crippen molar-refractivity contribution >= 4 is 16.7 Å². The van der Waals surface area contributed by atoms with Crippen LogP contribution >= 0.6 is 0 Å². The molecule has 0 spiro atoms. The normalized spacial score (nSPS) is 10.6. The highest BCUT2D eigenvalue weighted by Gasteiger charge is 2.17. The maximum Gasteiger partial charge on any atom is 0.198 e. The van der Waals surface area contributed by atoms with Crippen molar-refractivity contribution in [3.63, 3.8) is 0 Å². The van der Waals surface area contributed by atoms with Crippen molar-refractivity contribution in [2.75, 3.05) is 7.11 Å². The molecule has 0 bridgehead atoms. The van der Waals surface area contributed by atoms with Crippen LogP contribution in [0.2, 0.25) is 0 Å². The Hall–Kier alpha value is -2.62. The first-order chi connectivity index (χ1) is 9.31. The first-order valence-electron chi connectivity index (χ1n) is 5.90. The number of benzene rings is 1. The molecule has 0 aliphatic carbocycles. The van der Waals surface area contributed by atoms with Gasteiger partial charge in [-0.1, -0.05) is 12.1 Å². The molecule has 3 rings (SSSR count). The number of methoxy groups -OCH3 is 1. The van der Waals surface area contributed by atoms with Gasteiger partial charge in [-0.25, -0.2) is 0 Å². The SMILES string of the molecule is COc1ccccc1C(=O)c1c[nH]c2ccncc12. The van der Waals surface area contributed by atoms with Crippen LogP contribution in [-0.4, -0.2) is 22.9 Å². The molecule has 1 N–H and O–H groups in total. The van der Waals surface area contributed by atoms with Crippen LogP contribution in [0.5, 0.6) is 5.75 Å². The molecule has 2 heterocycles. The van der Waals surface area contributed by atoms with Gasteiger partial charge in [0.2, 0.25) is 0 Å². The summed E-state index contributed by atoms with van der Waals surface area (Å²) in [7, 11) is 1.56. The van der Waals surface area contributed by atoms with Crippen LogP contribution in [0.1, 0.15) is 15.9 Å². The Balaban J connectivity index is 2.14. The monoisotopic (exact) mass is 252 g/mol. The number of carbonyl (C=O) groups is 1. The number of nitrogens with one attached hydrogen (secondary N) is 1. The average molecular weight is 252 g/mol. The third kappa shape index (κ3) is 1.87. The molecule has 94 valence electrons. The molecule has 0 aliphatic rings. The maximum atomic E-state index is 12.6. The first kappa shape index (κ1) is 11.5. The largest absolute Gasteiger partial charge is 0.496 e. The van der Waals surface area contributed by atoms with Crippen molar-refractivity contribution in [3.8, 4) is 5.75 Å². The third-order valence-corrected chi connectivity index (χ3v) is 3.08. The number of fused-ring (bicyclic) bond motifs is 1. The van der Waals surface area contributed by atoms with Crippen molar-refractivity contribution in [2.24, 2.45) is 0 Å². The summed E-state index contributed by atoms with van der Waals surface area (Å²) in [5, 5.41) is 0.818. The molecule has 0 saturated heterocycles. The van der Waals surface area contributed by atoms with E-state index in [4.69, 9.17) is 4.74 Å². The summed E-state index contributed by atoms with van der Waals surface area (Å²) in [6, 6.07) is 9.04. The molecule has 3 aromatic rings. The molecule has 0 atom stereocenters. The highest BCUT2D eigenvalue weighted by atomic mass is 16.5. The van der Waals surface area contributed by atoms with E-state index in [1.54, 1.807) is 37.8 Å². The van der Waals surface area contributed by atoms with Crippen LogP contribution in [0.4, 0.5) is 0 Å². The lowest BCUT2D eigenvalue weighted by Crippen LogP contribution is -2.03. The van der Waals surface area contributed by atoms with E-state index in [1.807, 2.05) is 18.2 Å². The topological polar surface area (TPSA) is 55.0 Å². The number of hydrogen-bond acceptors (Lipinski definition) is 3. The number of H-pyrrole nitrogens is 1. The molecule has 0 amide bonds. The molecule has 4 nitrogen and oxygen atoms in total. The van der Waals surface area contributed by atoms with Crippen molar-refractivity contribution < 1.29 is 9.53 Å². The first-order valence-corrected chi connectivity index (χ1v) is 5.90. The highest BCUT2D eigenvalue weighted by Crippen LogP contribution is 2.25. The second kappa shape index (κ2) is 4.57. The minimum absolute atomic E-state index is 0.0725. The van der Waals surface area contributed by atoms with Gasteiger partial charge in [0.25, 0.3) is 0 Å². The molecule has 19 heavy (non-hydrogen) atoms. The summed E-state index contributed by atoms with van der Waals surface area (Å²) in [4.78, 5) is 19.7. The Morgan fingerprint density at radius 3 is 2.89 bits per heavy atom. The van der Waals surface area contributed by atoms with Gasteiger partial charge in [-0.3, -0.25) is 9.78 Å². The summed E-state index contributed by atoms with van der Waals surface area (Å²) in [5.74, 6) is 0.502. The van der Waals surface area contributed by atoms with Crippen LogP contribution in [0, 0.1) is 0 Å². The summed E-state index contributed by atoms with van der Waals surface area (Å²) in [6.07, 6.45) is 5.09. The minimum atomic E-state index is -0.0725. The van der Waals surface area contributed by atoms with Gasteiger partial charge in [0.15, 0.2) is 5.78 Å². The Morgan fingerprint density at radius 1 is 1.21 bits per heavy atom. The molecular formula is C15H12N2O2. The smallest absolute Gasteiger partial charge is 0.198 e. The van der Waals surface area contributed by atoms with Crippen molar-refractivity contribution in [1.29, 1.82) is 0 Å². The predicted octanol–water partition coefficient (Wildman–Crippen LogP) is 2.80. The minimum Gasteiger partial charge on any atom is -0.496 e. The Labute approximate surface area is 110 Å². The lowest BCUT2D eigenvalue weighted by Gasteiger charge is -2.06. The van der Waals surface area contributed by atoms with E-state index in [0.717, 1.165) is 10.9 Å². The zero-order chi connectivity index (χ0) is 13.2. The van der Waals surface area contributed by atoms with E-state index in [1.165, 1.54) is 0 Å². The molecule has 0 fully saturated rings. The van der Waals surface area contributed by atoms with Gasteiger partial charge in [-0.15, -0.1) is 0 Å². The second-order valence-corrected chi connectivity index (χ2v) is 4.15. The van der Waals surface area contributed by atoms with Gasteiger partial charge in [-0.05, 0) is 18.2 Å². The summed E-state index contributed by atoms with van der Waals surface area (Å²) >= 11 is 0. The number of aromatic nitrogens is 2. The van der Waals surface area contributed by atoms with E-state index in [-0.39, 0.29) is 5.78 Å². The summed E-state index contributed by atoms with van der Waals surface area (Å²) < 4.78 is 5.23. The number of ketones is 1. The average Bonchev–Trinajstić information content (AvgIpc) is 2.90. The van der Waals surface area contributed by atoms with Crippen molar-refractivity contribution in [2.45, 2.75) is 0 Å². The zero-order valence-corrected chi connectivity index (χ0v) is 10.4. The zero-order valence-electron chi connectivity index (χ0n) is 10.4. The Bertz CT molecular complexity index is 746. The third-order valence-electron chi connectivity index (χ3n) is 3.08. The number of aromatic amines is 1. The Kier molecular flexibility index (Phi) is 2.76. The Morgan fingerprint density at radius 2 is 2.05 bits per heavy atom. The van der Waals surface area contributed by atoms with Crippen LogP contribution in [0.3, 0.4) is 0 Å². The molecule has 0 radical (unpaired) electrons. The van der Waals surface area contributed by atoms with Gasteiger partial charge < -0.3 is 9.72 Å². The molecule has 1 aromatic carbocycles. The van der Waals surface area contributed by atoms with E-state index in [2.05, 4.69) is 9.97 Å². The fourth-order valence-corrected chi connectivity index (χ4v) is 2.13. The number of ether oxygens (including phenoxy) is 1. The number of hydrogen-bond donors (Lipinski definition) is 1. The molecule has 2 aromatic heterocycles. The summed E-state index contributed by atoms with van der Waals surface area (Å²) in [5.41, 5.74) is 2.05. The standard InChI is InChI=1S/C15H12N2O2/c1-19-14-5-3-2-4-10(14)15(18)12-9-17-13-6-7-16-8-11(12)13/h2-9,17H,1H3. The van der Waals surface area contributed by atoms with Gasteiger partial charge in [-0.2, -0.15) is 0 Å². The molecule has 4 heteroatoms.